The van der Waals surface area contributed by atoms with Crippen LogP contribution in [0, 0.1) is 0 Å². The van der Waals surface area contributed by atoms with Crippen LogP contribution in [0.3, 0.4) is 0 Å². The SMILES string of the molecule is O=C1CCCN1[C@@H]1C[C@@H]2c3ccccc3CCN2c2ccc(Cl)cc21. The summed E-state index contributed by atoms with van der Waals surface area (Å²) in [4.78, 5) is 17.1. The molecule has 3 aliphatic rings. The van der Waals surface area contributed by atoms with E-state index in [2.05, 4.69) is 46.2 Å². The van der Waals surface area contributed by atoms with Crippen LogP contribution in [0.15, 0.2) is 42.5 Å². The van der Waals surface area contributed by atoms with Gasteiger partial charge in [-0.1, -0.05) is 35.9 Å². The largest absolute Gasteiger partial charge is 0.364 e. The summed E-state index contributed by atoms with van der Waals surface area (Å²) in [5.41, 5.74) is 5.34. The van der Waals surface area contributed by atoms with Crippen molar-refractivity contribution in [3.63, 3.8) is 0 Å². The molecule has 1 fully saturated rings. The molecule has 3 nitrogen and oxygen atoms in total. The highest BCUT2D eigenvalue weighted by Crippen LogP contribution is 2.49. The van der Waals surface area contributed by atoms with Crippen LogP contribution >= 0.6 is 11.6 Å². The number of likely N-dealkylation sites (tertiary alicyclic amines) is 1. The first-order chi connectivity index (χ1) is 12.2. The van der Waals surface area contributed by atoms with Gasteiger partial charge >= 0.3 is 0 Å². The van der Waals surface area contributed by atoms with Crippen molar-refractivity contribution >= 4 is 23.2 Å². The molecule has 0 aromatic heterocycles. The standard InChI is InChI=1S/C21H21ClN2O/c22-15-7-8-18-17(12-15)20(24-10-3-6-21(24)25)13-19-16-5-2-1-4-14(16)9-11-23(18)19/h1-2,4-5,7-8,12,19-20H,3,6,9-11,13H2/t19-,20-/m1/s1. The molecule has 0 spiro atoms. The zero-order valence-electron chi connectivity index (χ0n) is 14.1. The molecule has 0 N–H and O–H groups in total. The van der Waals surface area contributed by atoms with E-state index in [-0.39, 0.29) is 11.9 Å². The number of anilines is 1. The number of nitrogens with zero attached hydrogens (tertiary/aromatic N) is 2. The first-order valence-electron chi connectivity index (χ1n) is 9.16. The number of halogens is 1. The first-order valence-corrected chi connectivity index (χ1v) is 9.53. The third kappa shape index (κ3) is 2.36. The van der Waals surface area contributed by atoms with E-state index >= 15 is 0 Å². The molecule has 0 saturated carbocycles. The van der Waals surface area contributed by atoms with Gasteiger partial charge in [0, 0.05) is 30.2 Å². The number of carbonyl (C=O) groups excluding carboxylic acids is 1. The Balaban J connectivity index is 1.64. The monoisotopic (exact) mass is 352 g/mol. The minimum absolute atomic E-state index is 0.135. The normalized spacial score (nSPS) is 24.8. The van der Waals surface area contributed by atoms with Gasteiger partial charge in [-0.05, 0) is 54.2 Å². The predicted molar refractivity (Wildman–Crippen MR) is 100.0 cm³/mol. The van der Waals surface area contributed by atoms with Crippen LogP contribution in [0.4, 0.5) is 5.69 Å². The summed E-state index contributed by atoms with van der Waals surface area (Å²) in [6, 6.07) is 15.5. The molecule has 128 valence electrons. The van der Waals surface area contributed by atoms with Crippen molar-refractivity contribution in [1.82, 2.24) is 4.90 Å². The molecule has 2 atom stereocenters. The fourth-order valence-corrected chi connectivity index (χ4v) is 5.06. The predicted octanol–water partition coefficient (Wildman–Crippen LogP) is 4.51. The van der Waals surface area contributed by atoms with Crippen molar-refractivity contribution < 1.29 is 4.79 Å². The molecule has 2 aromatic carbocycles. The van der Waals surface area contributed by atoms with Gasteiger partial charge in [-0.3, -0.25) is 4.79 Å². The van der Waals surface area contributed by atoms with Gasteiger partial charge in [-0.25, -0.2) is 0 Å². The van der Waals surface area contributed by atoms with Gasteiger partial charge in [0.2, 0.25) is 5.91 Å². The summed E-state index contributed by atoms with van der Waals surface area (Å²) in [5, 5.41) is 0.756. The van der Waals surface area contributed by atoms with Gasteiger partial charge in [0.1, 0.15) is 0 Å². The number of rotatable bonds is 1. The van der Waals surface area contributed by atoms with Crippen molar-refractivity contribution in [2.75, 3.05) is 18.0 Å². The van der Waals surface area contributed by atoms with E-state index in [1.54, 1.807) is 0 Å². The van der Waals surface area contributed by atoms with E-state index in [1.807, 2.05) is 6.07 Å². The third-order valence-corrected chi connectivity index (χ3v) is 6.24. The number of benzene rings is 2. The highest BCUT2D eigenvalue weighted by atomic mass is 35.5. The topological polar surface area (TPSA) is 23.6 Å². The number of carbonyl (C=O) groups is 1. The van der Waals surface area contributed by atoms with Crippen molar-refractivity contribution in [3.8, 4) is 0 Å². The van der Waals surface area contributed by atoms with E-state index in [9.17, 15) is 4.79 Å². The average Bonchev–Trinajstić information content (AvgIpc) is 3.06. The molecule has 0 unspecified atom stereocenters. The van der Waals surface area contributed by atoms with Gasteiger partial charge in [0.05, 0.1) is 12.1 Å². The summed E-state index contributed by atoms with van der Waals surface area (Å²) >= 11 is 6.32. The third-order valence-electron chi connectivity index (χ3n) is 6.00. The molecule has 5 rings (SSSR count). The van der Waals surface area contributed by atoms with Crippen LogP contribution in [-0.4, -0.2) is 23.9 Å². The maximum atomic E-state index is 12.5. The lowest BCUT2D eigenvalue weighted by Gasteiger charge is -2.47. The number of hydrogen-bond donors (Lipinski definition) is 0. The van der Waals surface area contributed by atoms with Crippen LogP contribution in [0.2, 0.25) is 5.02 Å². The fourth-order valence-electron chi connectivity index (χ4n) is 4.88. The summed E-state index contributed by atoms with van der Waals surface area (Å²) in [5.74, 6) is 0.286. The number of amides is 1. The van der Waals surface area contributed by atoms with Crippen LogP contribution < -0.4 is 4.90 Å². The summed E-state index contributed by atoms with van der Waals surface area (Å²) in [6.07, 6.45) is 3.67. The lowest BCUT2D eigenvalue weighted by molar-refractivity contribution is -0.130. The Kier molecular flexibility index (Phi) is 3.53. The van der Waals surface area contributed by atoms with Gasteiger partial charge < -0.3 is 9.80 Å². The molecular weight excluding hydrogens is 332 g/mol. The number of fused-ring (bicyclic) bond motifs is 5. The quantitative estimate of drug-likeness (QED) is 0.753. The zero-order valence-corrected chi connectivity index (χ0v) is 14.9. The smallest absolute Gasteiger partial charge is 0.223 e. The molecule has 2 aromatic rings. The molecule has 1 saturated heterocycles. The second-order valence-electron chi connectivity index (χ2n) is 7.30. The van der Waals surface area contributed by atoms with Crippen LogP contribution in [0.5, 0.6) is 0 Å². The molecule has 25 heavy (non-hydrogen) atoms. The maximum absolute atomic E-state index is 12.5. The summed E-state index contributed by atoms with van der Waals surface area (Å²) < 4.78 is 0. The Hall–Kier alpha value is -2.00. The average molecular weight is 353 g/mol. The molecular formula is C21H21ClN2O. The van der Waals surface area contributed by atoms with Crippen molar-refractivity contribution in [2.24, 2.45) is 0 Å². The molecule has 1 amide bonds. The summed E-state index contributed by atoms with van der Waals surface area (Å²) in [7, 11) is 0. The lowest BCUT2D eigenvalue weighted by atomic mass is 9.82. The summed E-state index contributed by atoms with van der Waals surface area (Å²) in [6.45, 7) is 1.89. The van der Waals surface area contributed by atoms with E-state index in [1.165, 1.54) is 22.4 Å². The zero-order chi connectivity index (χ0) is 17.0. The van der Waals surface area contributed by atoms with Crippen molar-refractivity contribution in [2.45, 2.75) is 37.8 Å². The van der Waals surface area contributed by atoms with E-state index in [4.69, 9.17) is 11.6 Å². The van der Waals surface area contributed by atoms with Crippen molar-refractivity contribution in [1.29, 1.82) is 0 Å². The van der Waals surface area contributed by atoms with Crippen LogP contribution in [0.1, 0.15) is 48.0 Å². The van der Waals surface area contributed by atoms with Crippen molar-refractivity contribution in [3.05, 3.63) is 64.2 Å². The molecule has 4 heteroatoms. The second kappa shape index (κ2) is 5.77. The second-order valence-corrected chi connectivity index (χ2v) is 7.74. The van der Waals surface area contributed by atoms with Gasteiger partial charge in [0.25, 0.3) is 0 Å². The minimum Gasteiger partial charge on any atom is -0.364 e. The molecule has 0 bridgehead atoms. The first kappa shape index (κ1) is 15.3. The Morgan fingerprint density at radius 3 is 2.60 bits per heavy atom. The number of hydrogen-bond acceptors (Lipinski definition) is 2. The Bertz CT molecular complexity index is 850. The van der Waals surface area contributed by atoms with Crippen LogP contribution in [-0.2, 0) is 11.2 Å². The highest BCUT2D eigenvalue weighted by molar-refractivity contribution is 6.30. The van der Waals surface area contributed by atoms with Crippen LogP contribution in [0.25, 0.3) is 0 Å². The Labute approximate surface area is 153 Å². The molecule has 3 heterocycles. The van der Waals surface area contributed by atoms with Gasteiger partial charge in [-0.2, -0.15) is 0 Å². The van der Waals surface area contributed by atoms with E-state index in [0.29, 0.717) is 12.5 Å². The highest BCUT2D eigenvalue weighted by Gasteiger charge is 2.41. The fraction of sp³-hybridized carbons (Fsp3) is 0.381. The lowest BCUT2D eigenvalue weighted by Crippen LogP contribution is -2.43. The maximum Gasteiger partial charge on any atom is 0.223 e. The van der Waals surface area contributed by atoms with Gasteiger partial charge in [0.15, 0.2) is 0 Å². The Morgan fingerprint density at radius 2 is 1.76 bits per heavy atom. The molecule has 0 aliphatic carbocycles. The molecule has 0 radical (unpaired) electrons. The van der Waals surface area contributed by atoms with Gasteiger partial charge in [-0.15, -0.1) is 0 Å². The minimum atomic E-state index is 0.135. The Morgan fingerprint density at radius 1 is 0.920 bits per heavy atom. The molecule has 3 aliphatic heterocycles. The van der Waals surface area contributed by atoms with E-state index < -0.39 is 0 Å². The van der Waals surface area contributed by atoms with E-state index in [0.717, 1.165) is 37.4 Å².